The molecule has 126 valence electrons. The van der Waals surface area contributed by atoms with Crippen molar-refractivity contribution >= 4 is 10.9 Å². The van der Waals surface area contributed by atoms with Gasteiger partial charge in [0, 0.05) is 11.8 Å². The molecule has 1 N–H and O–H groups in total. The summed E-state index contributed by atoms with van der Waals surface area (Å²) in [6, 6.07) is 14.6. The number of fused-ring (bicyclic) bond motifs is 1. The normalized spacial score (nSPS) is 12.8. The number of benzene rings is 2. The molecule has 2 nitrogen and oxygen atoms in total. The van der Waals surface area contributed by atoms with Crippen LogP contribution in [0.2, 0.25) is 0 Å². The van der Waals surface area contributed by atoms with Gasteiger partial charge in [-0.05, 0) is 40.0 Å². The quantitative estimate of drug-likeness (QED) is 0.590. The van der Waals surface area contributed by atoms with Crippen LogP contribution in [0.15, 0.2) is 48.7 Å². The van der Waals surface area contributed by atoms with Crippen molar-refractivity contribution in [2.45, 2.75) is 52.4 Å². The van der Waals surface area contributed by atoms with E-state index in [2.05, 4.69) is 76.4 Å². The van der Waals surface area contributed by atoms with Crippen LogP contribution in [0.1, 0.15) is 52.7 Å². The summed E-state index contributed by atoms with van der Waals surface area (Å²) >= 11 is 0. The van der Waals surface area contributed by atoms with Gasteiger partial charge in [-0.3, -0.25) is 0 Å². The molecular weight excluding hydrogens is 294 g/mol. The maximum atomic E-state index is 11.0. The third-order valence-corrected chi connectivity index (χ3v) is 4.62. The van der Waals surface area contributed by atoms with Crippen LogP contribution in [-0.2, 0) is 10.8 Å². The summed E-state index contributed by atoms with van der Waals surface area (Å²) in [7, 11) is 0. The molecule has 0 fully saturated rings. The number of aromatic hydroxyl groups is 1. The molecule has 3 aromatic rings. The molecule has 0 unspecified atom stereocenters. The summed E-state index contributed by atoms with van der Waals surface area (Å²) in [5, 5.41) is 12.2. The molecule has 0 saturated heterocycles. The van der Waals surface area contributed by atoms with Gasteiger partial charge >= 0.3 is 0 Å². The highest BCUT2D eigenvalue weighted by Crippen LogP contribution is 2.40. The number of aromatic nitrogens is 1. The Labute approximate surface area is 144 Å². The predicted octanol–water partition coefficient (Wildman–Crippen LogP) is 5.93. The summed E-state index contributed by atoms with van der Waals surface area (Å²) < 4.78 is 2.09. The Hall–Kier alpha value is -2.22. The summed E-state index contributed by atoms with van der Waals surface area (Å²) in [5.74, 6) is 0.372. The number of hydrogen-bond acceptors (Lipinski definition) is 1. The smallest absolute Gasteiger partial charge is 0.143 e. The molecule has 2 heteroatoms. The highest BCUT2D eigenvalue weighted by Gasteiger charge is 2.25. The fourth-order valence-electron chi connectivity index (χ4n) is 3.10. The number of para-hydroxylation sites is 1. The standard InChI is InChI=1S/C22H27NO/c1-21(2,3)16-13-17(22(4,5)6)20(24)19(14-16)23-12-11-15-9-7-8-10-18(15)23/h7-14,24H,1-6H3. The second-order valence-corrected chi connectivity index (χ2v) is 8.64. The Morgan fingerprint density at radius 3 is 2.12 bits per heavy atom. The number of rotatable bonds is 1. The van der Waals surface area contributed by atoms with Gasteiger partial charge in [-0.25, -0.2) is 0 Å². The van der Waals surface area contributed by atoms with Crippen molar-refractivity contribution in [3.8, 4) is 11.4 Å². The molecule has 0 aliphatic rings. The Kier molecular flexibility index (Phi) is 3.75. The van der Waals surface area contributed by atoms with Crippen LogP contribution in [0.4, 0.5) is 0 Å². The topological polar surface area (TPSA) is 25.2 Å². The summed E-state index contributed by atoms with van der Waals surface area (Å²) in [5.41, 5.74) is 4.09. The van der Waals surface area contributed by atoms with Crippen LogP contribution in [-0.4, -0.2) is 9.67 Å². The lowest BCUT2D eigenvalue weighted by molar-refractivity contribution is 0.442. The lowest BCUT2D eigenvalue weighted by atomic mass is 9.79. The third kappa shape index (κ3) is 2.82. The van der Waals surface area contributed by atoms with Crippen molar-refractivity contribution in [2.24, 2.45) is 0 Å². The molecule has 0 aliphatic carbocycles. The van der Waals surface area contributed by atoms with Crippen LogP contribution in [0.25, 0.3) is 16.6 Å². The second-order valence-electron chi connectivity index (χ2n) is 8.64. The van der Waals surface area contributed by atoms with Gasteiger partial charge in [0.1, 0.15) is 5.75 Å². The molecule has 0 amide bonds. The molecule has 0 saturated carbocycles. The van der Waals surface area contributed by atoms with Gasteiger partial charge in [0.15, 0.2) is 0 Å². The molecule has 1 aromatic heterocycles. The molecule has 1 heterocycles. The first-order valence-corrected chi connectivity index (χ1v) is 8.53. The minimum absolute atomic E-state index is 0.0193. The predicted molar refractivity (Wildman–Crippen MR) is 102 cm³/mol. The summed E-state index contributed by atoms with van der Waals surface area (Å²) in [6.07, 6.45) is 2.04. The van der Waals surface area contributed by atoms with E-state index in [0.717, 1.165) is 16.8 Å². The van der Waals surface area contributed by atoms with Crippen molar-refractivity contribution in [1.29, 1.82) is 0 Å². The van der Waals surface area contributed by atoms with Gasteiger partial charge in [0.2, 0.25) is 0 Å². The zero-order chi connectivity index (χ0) is 17.7. The first-order chi connectivity index (χ1) is 11.1. The minimum atomic E-state index is -0.122. The van der Waals surface area contributed by atoms with Gasteiger partial charge in [0.25, 0.3) is 0 Å². The van der Waals surface area contributed by atoms with E-state index in [0.29, 0.717) is 5.75 Å². The molecule has 0 atom stereocenters. The van der Waals surface area contributed by atoms with Crippen molar-refractivity contribution in [2.75, 3.05) is 0 Å². The van der Waals surface area contributed by atoms with E-state index in [1.807, 2.05) is 18.3 Å². The Balaban J connectivity index is 2.35. The van der Waals surface area contributed by atoms with Gasteiger partial charge in [0.05, 0.1) is 11.2 Å². The largest absolute Gasteiger partial charge is 0.505 e. The zero-order valence-corrected chi connectivity index (χ0v) is 15.5. The number of hydrogen-bond donors (Lipinski definition) is 1. The summed E-state index contributed by atoms with van der Waals surface area (Å²) in [6.45, 7) is 13.1. The Morgan fingerprint density at radius 2 is 1.50 bits per heavy atom. The Morgan fingerprint density at radius 1 is 0.833 bits per heavy atom. The van der Waals surface area contributed by atoms with E-state index in [-0.39, 0.29) is 10.8 Å². The van der Waals surface area contributed by atoms with Crippen molar-refractivity contribution in [3.05, 3.63) is 59.8 Å². The second kappa shape index (κ2) is 5.41. The maximum absolute atomic E-state index is 11.0. The first-order valence-electron chi connectivity index (χ1n) is 8.53. The number of phenolic OH excluding ortho intramolecular Hbond substituents is 1. The fourth-order valence-corrected chi connectivity index (χ4v) is 3.10. The lowest BCUT2D eigenvalue weighted by Gasteiger charge is -2.28. The zero-order valence-electron chi connectivity index (χ0n) is 15.5. The minimum Gasteiger partial charge on any atom is -0.505 e. The average Bonchev–Trinajstić information content (AvgIpc) is 2.89. The van der Waals surface area contributed by atoms with Gasteiger partial charge in [-0.1, -0.05) is 65.8 Å². The van der Waals surface area contributed by atoms with E-state index in [9.17, 15) is 5.11 Å². The van der Waals surface area contributed by atoms with E-state index >= 15 is 0 Å². The van der Waals surface area contributed by atoms with Crippen molar-refractivity contribution in [3.63, 3.8) is 0 Å². The number of nitrogens with zero attached hydrogens (tertiary/aromatic N) is 1. The van der Waals surface area contributed by atoms with Gasteiger partial charge in [-0.15, -0.1) is 0 Å². The van der Waals surface area contributed by atoms with E-state index in [1.165, 1.54) is 10.9 Å². The van der Waals surface area contributed by atoms with Crippen LogP contribution in [0.3, 0.4) is 0 Å². The van der Waals surface area contributed by atoms with E-state index < -0.39 is 0 Å². The molecule has 0 aliphatic heterocycles. The van der Waals surface area contributed by atoms with Crippen LogP contribution in [0.5, 0.6) is 5.75 Å². The molecule has 2 aromatic carbocycles. The van der Waals surface area contributed by atoms with E-state index in [4.69, 9.17) is 0 Å². The van der Waals surface area contributed by atoms with Crippen LogP contribution < -0.4 is 0 Å². The van der Waals surface area contributed by atoms with Crippen molar-refractivity contribution < 1.29 is 5.11 Å². The highest BCUT2D eigenvalue weighted by molar-refractivity contribution is 5.82. The summed E-state index contributed by atoms with van der Waals surface area (Å²) in [4.78, 5) is 0. The molecule has 3 rings (SSSR count). The molecule has 0 radical (unpaired) electrons. The van der Waals surface area contributed by atoms with E-state index in [1.54, 1.807) is 0 Å². The lowest BCUT2D eigenvalue weighted by Crippen LogP contribution is -2.17. The first kappa shape index (κ1) is 16.6. The van der Waals surface area contributed by atoms with Crippen LogP contribution >= 0.6 is 0 Å². The third-order valence-electron chi connectivity index (χ3n) is 4.62. The molecule has 24 heavy (non-hydrogen) atoms. The molecule has 0 spiro atoms. The molecular formula is C22H27NO. The van der Waals surface area contributed by atoms with Gasteiger partial charge < -0.3 is 9.67 Å². The number of phenols is 1. The monoisotopic (exact) mass is 321 g/mol. The molecule has 0 bridgehead atoms. The van der Waals surface area contributed by atoms with Gasteiger partial charge in [-0.2, -0.15) is 0 Å². The average molecular weight is 321 g/mol. The highest BCUT2D eigenvalue weighted by atomic mass is 16.3. The fraction of sp³-hybridized carbons (Fsp3) is 0.364. The van der Waals surface area contributed by atoms with Crippen molar-refractivity contribution in [1.82, 2.24) is 4.57 Å². The maximum Gasteiger partial charge on any atom is 0.143 e. The van der Waals surface area contributed by atoms with Crippen LogP contribution in [0, 0.1) is 0 Å². The Bertz CT molecular complexity index is 888. The SMILES string of the molecule is CC(C)(C)c1cc(-n2ccc3ccccc32)c(O)c(C(C)(C)C)c1.